The van der Waals surface area contributed by atoms with Gasteiger partial charge in [-0.25, -0.2) is 4.79 Å². The summed E-state index contributed by atoms with van der Waals surface area (Å²) in [5.41, 5.74) is -0.785. The lowest BCUT2D eigenvalue weighted by Gasteiger charge is -2.19. The Hall–Kier alpha value is -1.28. The van der Waals surface area contributed by atoms with Crippen LogP contribution in [-0.2, 0) is 14.3 Å². The molecule has 2 rings (SSSR count). The predicted octanol–water partition coefficient (Wildman–Crippen LogP) is 0.345. The minimum Gasteiger partial charge on any atom is -0.379 e. The first kappa shape index (κ1) is 17.1. The van der Waals surface area contributed by atoms with Gasteiger partial charge >= 0.3 is 6.03 Å². The summed E-state index contributed by atoms with van der Waals surface area (Å²) in [6.07, 6.45) is 1.50. The van der Waals surface area contributed by atoms with Gasteiger partial charge in [0.1, 0.15) is 12.1 Å². The highest BCUT2D eigenvalue weighted by molar-refractivity contribution is 7.99. The number of ether oxygens (including phenoxy) is 1. The van der Waals surface area contributed by atoms with Crippen LogP contribution in [0.1, 0.15) is 26.7 Å². The zero-order valence-corrected chi connectivity index (χ0v) is 13.8. The molecule has 7 nitrogen and oxygen atoms in total. The smallest absolute Gasteiger partial charge is 0.325 e. The molecule has 0 aromatic heterocycles. The Morgan fingerprint density at radius 1 is 1.50 bits per heavy atom. The SMILES string of the molecule is CC(C)OCCCNC(=O)CN1C(=O)N[C@@]2(CCSC2)C1=O. The van der Waals surface area contributed by atoms with Gasteiger partial charge in [-0.3, -0.25) is 14.5 Å². The molecule has 2 aliphatic heterocycles. The molecule has 2 aliphatic rings. The first-order valence-corrected chi connectivity index (χ1v) is 8.70. The van der Waals surface area contributed by atoms with Gasteiger partial charge < -0.3 is 15.4 Å². The van der Waals surface area contributed by atoms with E-state index in [0.29, 0.717) is 31.7 Å². The average molecular weight is 329 g/mol. The Kier molecular flexibility index (Phi) is 5.69. The van der Waals surface area contributed by atoms with Gasteiger partial charge in [-0.2, -0.15) is 11.8 Å². The van der Waals surface area contributed by atoms with Gasteiger partial charge in [-0.05, 0) is 32.4 Å². The van der Waals surface area contributed by atoms with Crippen molar-refractivity contribution in [3.8, 4) is 0 Å². The average Bonchev–Trinajstić information content (AvgIpc) is 3.00. The predicted molar refractivity (Wildman–Crippen MR) is 83.6 cm³/mol. The molecule has 4 amide bonds. The van der Waals surface area contributed by atoms with Crippen molar-refractivity contribution < 1.29 is 19.1 Å². The van der Waals surface area contributed by atoms with Crippen LogP contribution in [0.25, 0.3) is 0 Å². The van der Waals surface area contributed by atoms with E-state index < -0.39 is 11.6 Å². The number of carbonyl (C=O) groups is 3. The standard InChI is InChI=1S/C14H23N3O4S/c1-10(2)21-6-3-5-15-11(18)8-17-12(19)14(16-13(17)20)4-7-22-9-14/h10H,3-9H2,1-2H3,(H,15,18)(H,16,20)/t14-/m1/s1. The molecule has 0 radical (unpaired) electrons. The Morgan fingerprint density at radius 3 is 2.91 bits per heavy atom. The third-order valence-corrected chi connectivity index (χ3v) is 4.85. The van der Waals surface area contributed by atoms with Crippen molar-refractivity contribution in [1.29, 1.82) is 0 Å². The lowest BCUT2D eigenvalue weighted by atomic mass is 9.99. The lowest BCUT2D eigenvalue weighted by molar-refractivity contribution is -0.134. The highest BCUT2D eigenvalue weighted by Crippen LogP contribution is 2.33. The monoisotopic (exact) mass is 329 g/mol. The van der Waals surface area contributed by atoms with E-state index in [0.717, 1.165) is 10.7 Å². The molecule has 0 bridgehead atoms. The maximum atomic E-state index is 12.4. The molecule has 2 heterocycles. The summed E-state index contributed by atoms with van der Waals surface area (Å²) in [4.78, 5) is 37.2. The normalized spacial score (nSPS) is 24.4. The van der Waals surface area contributed by atoms with Gasteiger partial charge in [0.05, 0.1) is 6.10 Å². The first-order valence-electron chi connectivity index (χ1n) is 7.55. The molecule has 0 aromatic rings. The van der Waals surface area contributed by atoms with Crippen LogP contribution in [0.3, 0.4) is 0 Å². The van der Waals surface area contributed by atoms with Crippen LogP contribution >= 0.6 is 11.8 Å². The Bertz CT molecular complexity index is 449. The summed E-state index contributed by atoms with van der Waals surface area (Å²) >= 11 is 1.64. The van der Waals surface area contributed by atoms with Crippen LogP contribution in [0.4, 0.5) is 4.79 Å². The maximum absolute atomic E-state index is 12.4. The zero-order chi connectivity index (χ0) is 16.2. The van der Waals surface area contributed by atoms with Crippen molar-refractivity contribution in [2.24, 2.45) is 0 Å². The largest absolute Gasteiger partial charge is 0.379 e. The quantitative estimate of drug-likeness (QED) is 0.520. The lowest BCUT2D eigenvalue weighted by Crippen LogP contribution is -2.47. The number of hydrogen-bond acceptors (Lipinski definition) is 5. The van der Waals surface area contributed by atoms with Crippen molar-refractivity contribution in [3.05, 3.63) is 0 Å². The summed E-state index contributed by atoms with van der Waals surface area (Å²) < 4.78 is 5.37. The number of urea groups is 1. The van der Waals surface area contributed by atoms with E-state index in [1.807, 2.05) is 13.8 Å². The van der Waals surface area contributed by atoms with E-state index in [4.69, 9.17) is 4.74 Å². The maximum Gasteiger partial charge on any atom is 0.325 e. The summed E-state index contributed by atoms with van der Waals surface area (Å²) in [6, 6.07) is -0.467. The molecule has 2 saturated heterocycles. The van der Waals surface area contributed by atoms with Gasteiger partial charge in [-0.1, -0.05) is 0 Å². The number of nitrogens with one attached hydrogen (secondary N) is 2. The minimum absolute atomic E-state index is 0.169. The summed E-state index contributed by atoms with van der Waals surface area (Å²) in [5, 5.41) is 5.45. The number of rotatable bonds is 7. The molecule has 2 N–H and O–H groups in total. The van der Waals surface area contributed by atoms with Gasteiger partial charge in [0.15, 0.2) is 0 Å². The highest BCUT2D eigenvalue weighted by Gasteiger charge is 2.53. The fraction of sp³-hybridized carbons (Fsp3) is 0.786. The van der Waals surface area contributed by atoms with E-state index >= 15 is 0 Å². The summed E-state index contributed by atoms with van der Waals surface area (Å²) in [5.74, 6) is 0.834. The minimum atomic E-state index is -0.785. The van der Waals surface area contributed by atoms with Crippen molar-refractivity contribution in [2.75, 3.05) is 31.2 Å². The number of imide groups is 1. The van der Waals surface area contributed by atoms with Gasteiger partial charge in [0.25, 0.3) is 5.91 Å². The number of nitrogens with zero attached hydrogens (tertiary/aromatic N) is 1. The molecule has 0 aliphatic carbocycles. The van der Waals surface area contributed by atoms with Crippen LogP contribution in [0, 0.1) is 0 Å². The van der Waals surface area contributed by atoms with Crippen molar-refractivity contribution in [1.82, 2.24) is 15.5 Å². The van der Waals surface area contributed by atoms with E-state index in [-0.39, 0.29) is 24.5 Å². The second-order valence-electron chi connectivity index (χ2n) is 5.83. The molecule has 0 aromatic carbocycles. The van der Waals surface area contributed by atoms with Crippen molar-refractivity contribution in [3.63, 3.8) is 0 Å². The third-order valence-electron chi connectivity index (χ3n) is 3.66. The van der Waals surface area contributed by atoms with Crippen molar-refractivity contribution >= 4 is 29.6 Å². The van der Waals surface area contributed by atoms with Crippen LogP contribution in [-0.4, -0.2) is 65.6 Å². The molecule has 1 spiro atoms. The molecular formula is C14H23N3O4S. The molecule has 22 heavy (non-hydrogen) atoms. The van der Waals surface area contributed by atoms with E-state index in [9.17, 15) is 14.4 Å². The molecule has 8 heteroatoms. The van der Waals surface area contributed by atoms with Crippen LogP contribution in [0.5, 0.6) is 0 Å². The van der Waals surface area contributed by atoms with E-state index in [1.54, 1.807) is 11.8 Å². The Morgan fingerprint density at radius 2 is 2.27 bits per heavy atom. The topological polar surface area (TPSA) is 87.7 Å². The molecule has 2 fully saturated rings. The fourth-order valence-electron chi connectivity index (χ4n) is 2.47. The number of carbonyl (C=O) groups excluding carboxylic acids is 3. The Labute approximate surface area is 134 Å². The summed E-state index contributed by atoms with van der Waals surface area (Å²) in [6.45, 7) is 4.72. The van der Waals surface area contributed by atoms with E-state index in [1.165, 1.54) is 0 Å². The molecule has 0 saturated carbocycles. The molecule has 124 valence electrons. The van der Waals surface area contributed by atoms with Crippen LogP contribution in [0.2, 0.25) is 0 Å². The molecule has 1 atom stereocenters. The molecular weight excluding hydrogens is 306 g/mol. The number of thioether (sulfide) groups is 1. The van der Waals surface area contributed by atoms with Crippen LogP contribution < -0.4 is 10.6 Å². The van der Waals surface area contributed by atoms with Gasteiger partial charge in [0.2, 0.25) is 5.91 Å². The zero-order valence-electron chi connectivity index (χ0n) is 13.0. The van der Waals surface area contributed by atoms with Gasteiger partial charge in [0, 0.05) is 18.9 Å². The van der Waals surface area contributed by atoms with Crippen molar-refractivity contribution in [2.45, 2.75) is 38.3 Å². The van der Waals surface area contributed by atoms with Crippen LogP contribution in [0.15, 0.2) is 0 Å². The van der Waals surface area contributed by atoms with Gasteiger partial charge in [-0.15, -0.1) is 0 Å². The first-order chi connectivity index (χ1) is 10.4. The fourth-order valence-corrected chi connectivity index (χ4v) is 3.80. The summed E-state index contributed by atoms with van der Waals surface area (Å²) in [7, 11) is 0. The Balaban J connectivity index is 1.74. The third kappa shape index (κ3) is 3.92. The highest BCUT2D eigenvalue weighted by atomic mass is 32.2. The van der Waals surface area contributed by atoms with E-state index in [2.05, 4.69) is 10.6 Å². The second kappa shape index (κ2) is 7.32. The molecule has 0 unspecified atom stereocenters. The number of hydrogen-bond donors (Lipinski definition) is 2. The second-order valence-corrected chi connectivity index (χ2v) is 6.93. The number of amides is 4.